The fourth-order valence-electron chi connectivity index (χ4n) is 2.06. The van der Waals surface area contributed by atoms with Crippen LogP contribution < -0.4 is 0 Å². The average Bonchev–Trinajstić information content (AvgIpc) is 2.94. The molecule has 1 aromatic carbocycles. The van der Waals surface area contributed by atoms with E-state index in [1.165, 1.54) is 6.33 Å². The minimum Gasteiger partial charge on any atom is -0.477 e. The number of nitrogens with zero attached hydrogens (tertiary/aromatic N) is 3. The van der Waals surface area contributed by atoms with Crippen LogP contribution >= 0.6 is 11.6 Å². The van der Waals surface area contributed by atoms with Crippen molar-refractivity contribution in [1.82, 2.24) is 19.5 Å². The van der Waals surface area contributed by atoms with E-state index >= 15 is 0 Å². The zero-order valence-corrected chi connectivity index (χ0v) is 10.6. The summed E-state index contributed by atoms with van der Waals surface area (Å²) in [5, 5.41) is 9.66. The number of aromatic carboxylic acids is 1. The van der Waals surface area contributed by atoms with Gasteiger partial charge in [0, 0.05) is 7.05 Å². The Bertz CT molecular complexity index is 790. The van der Waals surface area contributed by atoms with E-state index in [0.29, 0.717) is 22.1 Å². The molecule has 19 heavy (non-hydrogen) atoms. The lowest BCUT2D eigenvalue weighted by Crippen LogP contribution is -2.02. The third kappa shape index (κ3) is 1.68. The maximum atomic E-state index is 11.1. The minimum atomic E-state index is -1.08. The van der Waals surface area contributed by atoms with E-state index in [1.54, 1.807) is 23.7 Å². The maximum Gasteiger partial charge on any atom is 0.354 e. The number of imidazole rings is 2. The maximum absolute atomic E-state index is 11.1. The first-order valence-corrected chi connectivity index (χ1v) is 5.85. The normalized spacial score (nSPS) is 11.1. The summed E-state index contributed by atoms with van der Waals surface area (Å²) >= 11 is 6.13. The van der Waals surface area contributed by atoms with Gasteiger partial charge in [-0.2, -0.15) is 0 Å². The number of H-pyrrole nitrogens is 1. The third-order valence-corrected chi connectivity index (χ3v) is 3.21. The van der Waals surface area contributed by atoms with Gasteiger partial charge >= 0.3 is 5.97 Å². The highest BCUT2D eigenvalue weighted by Gasteiger charge is 2.20. The highest BCUT2D eigenvalue weighted by atomic mass is 35.5. The SMILES string of the molecule is Cn1c(-c2nc[nH]c2C(=O)O)nc2cccc(Cl)c21. The quantitative estimate of drug-likeness (QED) is 0.752. The summed E-state index contributed by atoms with van der Waals surface area (Å²) in [6.45, 7) is 0. The van der Waals surface area contributed by atoms with E-state index in [1.807, 2.05) is 6.07 Å². The summed E-state index contributed by atoms with van der Waals surface area (Å²) in [7, 11) is 1.77. The van der Waals surface area contributed by atoms with Crippen LogP contribution in [0.15, 0.2) is 24.5 Å². The molecule has 2 N–H and O–H groups in total. The second-order valence-corrected chi connectivity index (χ2v) is 4.44. The number of nitrogens with one attached hydrogen (secondary N) is 1. The number of benzene rings is 1. The molecule has 2 aromatic heterocycles. The van der Waals surface area contributed by atoms with Gasteiger partial charge in [-0.1, -0.05) is 17.7 Å². The Labute approximate surface area is 112 Å². The van der Waals surface area contributed by atoms with Crippen LogP contribution in [0.25, 0.3) is 22.6 Å². The summed E-state index contributed by atoms with van der Waals surface area (Å²) in [4.78, 5) is 22.1. The Morgan fingerprint density at radius 1 is 1.47 bits per heavy atom. The second kappa shape index (κ2) is 4.10. The number of para-hydroxylation sites is 1. The van der Waals surface area contributed by atoms with Crippen molar-refractivity contribution < 1.29 is 9.90 Å². The summed E-state index contributed by atoms with van der Waals surface area (Å²) in [6.07, 6.45) is 1.33. The summed E-state index contributed by atoms with van der Waals surface area (Å²) in [5.74, 6) is -0.618. The van der Waals surface area contributed by atoms with Gasteiger partial charge in [0.2, 0.25) is 0 Å². The lowest BCUT2D eigenvalue weighted by Gasteiger charge is -2.01. The Morgan fingerprint density at radius 3 is 2.95 bits per heavy atom. The fourth-order valence-corrected chi connectivity index (χ4v) is 2.36. The molecular weight excluding hydrogens is 268 g/mol. The molecule has 0 bridgehead atoms. The smallest absolute Gasteiger partial charge is 0.354 e. The van der Waals surface area contributed by atoms with Crippen LogP contribution in [-0.2, 0) is 7.05 Å². The van der Waals surface area contributed by atoms with Crippen LogP contribution in [0, 0.1) is 0 Å². The molecule has 0 unspecified atom stereocenters. The number of halogens is 1. The van der Waals surface area contributed by atoms with Crippen LogP contribution in [0.2, 0.25) is 5.02 Å². The summed E-state index contributed by atoms with van der Waals surface area (Å²) in [6, 6.07) is 5.37. The Hall–Kier alpha value is -2.34. The molecule has 96 valence electrons. The lowest BCUT2D eigenvalue weighted by atomic mass is 10.3. The van der Waals surface area contributed by atoms with Gasteiger partial charge in [0.25, 0.3) is 0 Å². The molecule has 0 fully saturated rings. The van der Waals surface area contributed by atoms with E-state index in [-0.39, 0.29) is 5.69 Å². The van der Waals surface area contributed by atoms with Crippen LogP contribution in [0.5, 0.6) is 0 Å². The second-order valence-electron chi connectivity index (χ2n) is 4.03. The standard InChI is InChI=1S/C12H9ClN4O2/c1-17-10-6(13)3-2-4-7(10)16-11(17)8-9(12(18)19)15-5-14-8/h2-5H,1H3,(H,14,15)(H,18,19). The monoisotopic (exact) mass is 276 g/mol. The molecule has 0 amide bonds. The Kier molecular flexibility index (Phi) is 2.53. The molecule has 7 heteroatoms. The summed E-state index contributed by atoms with van der Waals surface area (Å²) in [5.41, 5.74) is 1.75. The number of carboxylic acids is 1. The first-order chi connectivity index (χ1) is 9.09. The van der Waals surface area contributed by atoms with Gasteiger partial charge in [-0.05, 0) is 12.1 Å². The number of hydrogen-bond donors (Lipinski definition) is 2. The minimum absolute atomic E-state index is 0.00882. The van der Waals surface area contributed by atoms with E-state index in [0.717, 1.165) is 5.52 Å². The summed E-state index contributed by atoms with van der Waals surface area (Å²) < 4.78 is 1.74. The number of fused-ring (bicyclic) bond motifs is 1. The van der Waals surface area contributed by atoms with Crippen molar-refractivity contribution in [3.8, 4) is 11.5 Å². The van der Waals surface area contributed by atoms with Crippen molar-refractivity contribution >= 4 is 28.6 Å². The highest BCUT2D eigenvalue weighted by molar-refractivity contribution is 6.35. The van der Waals surface area contributed by atoms with Gasteiger partial charge in [0.15, 0.2) is 11.5 Å². The van der Waals surface area contributed by atoms with Gasteiger partial charge in [0.05, 0.1) is 22.4 Å². The van der Waals surface area contributed by atoms with Crippen molar-refractivity contribution in [3.63, 3.8) is 0 Å². The molecular formula is C12H9ClN4O2. The number of carboxylic acid groups (broad SMARTS) is 1. The van der Waals surface area contributed by atoms with Gasteiger partial charge in [0.1, 0.15) is 5.69 Å². The predicted octanol–water partition coefficient (Wildman–Crippen LogP) is 2.32. The van der Waals surface area contributed by atoms with Crippen molar-refractivity contribution in [1.29, 1.82) is 0 Å². The molecule has 0 aliphatic carbocycles. The molecule has 3 aromatic rings. The fraction of sp³-hybridized carbons (Fsp3) is 0.0833. The van der Waals surface area contributed by atoms with Crippen LogP contribution in [0.1, 0.15) is 10.5 Å². The molecule has 0 spiro atoms. The van der Waals surface area contributed by atoms with Crippen molar-refractivity contribution in [2.24, 2.45) is 7.05 Å². The molecule has 6 nitrogen and oxygen atoms in total. The average molecular weight is 277 g/mol. The molecule has 0 aliphatic heterocycles. The van der Waals surface area contributed by atoms with Gasteiger partial charge in [-0.15, -0.1) is 0 Å². The molecule has 0 atom stereocenters. The zero-order chi connectivity index (χ0) is 13.6. The molecule has 0 saturated carbocycles. The van der Waals surface area contributed by atoms with E-state index in [2.05, 4.69) is 15.0 Å². The van der Waals surface area contributed by atoms with Crippen molar-refractivity contribution in [3.05, 3.63) is 35.2 Å². The van der Waals surface area contributed by atoms with E-state index in [4.69, 9.17) is 16.7 Å². The van der Waals surface area contributed by atoms with E-state index in [9.17, 15) is 4.79 Å². The zero-order valence-electron chi connectivity index (χ0n) is 9.88. The van der Waals surface area contributed by atoms with Crippen LogP contribution in [0.4, 0.5) is 0 Å². The van der Waals surface area contributed by atoms with Gasteiger partial charge in [-0.3, -0.25) is 0 Å². The van der Waals surface area contributed by atoms with Crippen molar-refractivity contribution in [2.45, 2.75) is 0 Å². The molecule has 0 radical (unpaired) electrons. The number of carbonyl (C=O) groups is 1. The number of hydrogen-bond acceptors (Lipinski definition) is 3. The van der Waals surface area contributed by atoms with E-state index < -0.39 is 5.97 Å². The number of aromatic amines is 1. The predicted molar refractivity (Wildman–Crippen MR) is 70.3 cm³/mol. The van der Waals surface area contributed by atoms with Crippen LogP contribution in [0.3, 0.4) is 0 Å². The lowest BCUT2D eigenvalue weighted by molar-refractivity contribution is 0.0692. The number of aryl methyl sites for hydroxylation is 1. The Morgan fingerprint density at radius 2 is 2.26 bits per heavy atom. The van der Waals surface area contributed by atoms with Crippen molar-refractivity contribution in [2.75, 3.05) is 0 Å². The largest absolute Gasteiger partial charge is 0.477 e. The molecule has 0 aliphatic rings. The van der Waals surface area contributed by atoms with Crippen LogP contribution in [-0.4, -0.2) is 30.6 Å². The number of rotatable bonds is 2. The molecule has 3 rings (SSSR count). The molecule has 2 heterocycles. The first kappa shape index (κ1) is 11.7. The highest BCUT2D eigenvalue weighted by Crippen LogP contribution is 2.28. The van der Waals surface area contributed by atoms with Gasteiger partial charge in [-0.25, -0.2) is 14.8 Å². The molecule has 0 saturated heterocycles. The Balaban J connectivity index is 2.32. The topological polar surface area (TPSA) is 83.8 Å². The van der Waals surface area contributed by atoms with Gasteiger partial charge < -0.3 is 14.7 Å². The number of aromatic nitrogens is 4. The third-order valence-electron chi connectivity index (χ3n) is 2.91. The first-order valence-electron chi connectivity index (χ1n) is 5.47.